The standard InChI is InChI=1S/C12H21N3/c1-5-11(13)10-8-14-12(7-9(10)3)15(4)6-2/h7-8,11H,5-6,13H2,1-4H3/t11-/m0/s1. The summed E-state index contributed by atoms with van der Waals surface area (Å²) < 4.78 is 0. The van der Waals surface area contributed by atoms with Crippen LogP contribution < -0.4 is 10.6 Å². The highest BCUT2D eigenvalue weighted by molar-refractivity contribution is 5.43. The van der Waals surface area contributed by atoms with Crippen LogP contribution in [0.1, 0.15) is 37.4 Å². The summed E-state index contributed by atoms with van der Waals surface area (Å²) in [5.41, 5.74) is 8.39. The molecule has 3 heteroatoms. The van der Waals surface area contributed by atoms with E-state index in [4.69, 9.17) is 5.73 Å². The van der Waals surface area contributed by atoms with Gasteiger partial charge in [-0.15, -0.1) is 0 Å². The van der Waals surface area contributed by atoms with Gasteiger partial charge in [-0.1, -0.05) is 6.92 Å². The fourth-order valence-corrected chi connectivity index (χ4v) is 1.53. The third kappa shape index (κ3) is 2.69. The molecule has 1 aromatic heterocycles. The summed E-state index contributed by atoms with van der Waals surface area (Å²) in [5.74, 6) is 1.02. The van der Waals surface area contributed by atoms with Gasteiger partial charge in [-0.05, 0) is 37.5 Å². The summed E-state index contributed by atoms with van der Waals surface area (Å²) in [6.45, 7) is 7.27. The number of hydrogen-bond donors (Lipinski definition) is 1. The van der Waals surface area contributed by atoms with Gasteiger partial charge in [-0.25, -0.2) is 4.98 Å². The summed E-state index contributed by atoms with van der Waals surface area (Å²) in [7, 11) is 2.04. The Hall–Kier alpha value is -1.09. The molecule has 0 aliphatic rings. The lowest BCUT2D eigenvalue weighted by atomic mass is 10.0. The topological polar surface area (TPSA) is 42.1 Å². The van der Waals surface area contributed by atoms with E-state index in [1.165, 1.54) is 5.56 Å². The third-order valence-electron chi connectivity index (χ3n) is 2.84. The van der Waals surface area contributed by atoms with Crippen LogP contribution in [0.5, 0.6) is 0 Å². The molecule has 0 amide bonds. The lowest BCUT2D eigenvalue weighted by Gasteiger charge is -2.18. The van der Waals surface area contributed by atoms with Gasteiger partial charge in [0.05, 0.1) is 0 Å². The zero-order valence-corrected chi connectivity index (χ0v) is 10.1. The molecule has 1 rings (SSSR count). The summed E-state index contributed by atoms with van der Waals surface area (Å²) in [5, 5.41) is 0. The minimum absolute atomic E-state index is 0.110. The lowest BCUT2D eigenvalue weighted by Crippen LogP contribution is -2.18. The van der Waals surface area contributed by atoms with Crippen LogP contribution in [0.4, 0.5) is 5.82 Å². The molecule has 0 bridgehead atoms. The Morgan fingerprint density at radius 3 is 2.60 bits per heavy atom. The van der Waals surface area contributed by atoms with Crippen molar-refractivity contribution >= 4 is 5.82 Å². The molecule has 0 spiro atoms. The molecule has 1 heterocycles. The third-order valence-corrected chi connectivity index (χ3v) is 2.84. The molecule has 0 aromatic carbocycles. The maximum Gasteiger partial charge on any atom is 0.128 e. The predicted octanol–water partition coefficient (Wildman–Crippen LogP) is 2.26. The van der Waals surface area contributed by atoms with E-state index in [0.29, 0.717) is 0 Å². The van der Waals surface area contributed by atoms with Crippen LogP contribution in [0.2, 0.25) is 0 Å². The first-order valence-electron chi connectivity index (χ1n) is 5.53. The van der Waals surface area contributed by atoms with E-state index in [9.17, 15) is 0 Å². The second-order valence-electron chi connectivity index (χ2n) is 3.93. The van der Waals surface area contributed by atoms with Gasteiger partial charge < -0.3 is 10.6 Å². The smallest absolute Gasteiger partial charge is 0.128 e. The predicted molar refractivity (Wildman–Crippen MR) is 65.1 cm³/mol. The van der Waals surface area contributed by atoms with Gasteiger partial charge in [0, 0.05) is 25.8 Å². The fraction of sp³-hybridized carbons (Fsp3) is 0.583. The highest BCUT2D eigenvalue weighted by Gasteiger charge is 2.09. The molecule has 0 saturated heterocycles. The first kappa shape index (κ1) is 12.0. The van der Waals surface area contributed by atoms with Gasteiger partial charge in [0.2, 0.25) is 0 Å². The van der Waals surface area contributed by atoms with Gasteiger partial charge in [-0.2, -0.15) is 0 Å². The number of hydrogen-bond acceptors (Lipinski definition) is 3. The molecule has 0 aliphatic carbocycles. The van der Waals surface area contributed by atoms with Gasteiger partial charge in [0.15, 0.2) is 0 Å². The van der Waals surface area contributed by atoms with Gasteiger partial charge in [0.25, 0.3) is 0 Å². The highest BCUT2D eigenvalue weighted by Crippen LogP contribution is 2.20. The zero-order valence-electron chi connectivity index (χ0n) is 10.1. The summed E-state index contributed by atoms with van der Waals surface area (Å²) in [6.07, 6.45) is 2.86. The Bertz CT molecular complexity index is 323. The molecule has 0 fully saturated rings. The first-order chi connectivity index (χ1) is 7.10. The summed E-state index contributed by atoms with van der Waals surface area (Å²) in [6, 6.07) is 2.22. The van der Waals surface area contributed by atoms with E-state index < -0.39 is 0 Å². The average molecular weight is 207 g/mol. The highest BCUT2D eigenvalue weighted by atomic mass is 15.1. The minimum atomic E-state index is 0.110. The van der Waals surface area contributed by atoms with Crippen LogP contribution in [0.3, 0.4) is 0 Å². The minimum Gasteiger partial charge on any atom is -0.360 e. The summed E-state index contributed by atoms with van der Waals surface area (Å²) in [4.78, 5) is 6.54. The van der Waals surface area contributed by atoms with Crippen molar-refractivity contribution in [2.24, 2.45) is 5.73 Å². The normalized spacial score (nSPS) is 12.6. The maximum atomic E-state index is 6.00. The fourth-order valence-electron chi connectivity index (χ4n) is 1.53. The monoisotopic (exact) mass is 207 g/mol. The Morgan fingerprint density at radius 1 is 1.47 bits per heavy atom. The van der Waals surface area contributed by atoms with Crippen LogP contribution in [0, 0.1) is 6.92 Å². The number of pyridine rings is 1. The molecule has 3 nitrogen and oxygen atoms in total. The molecule has 0 unspecified atom stereocenters. The average Bonchev–Trinajstić information content (AvgIpc) is 2.26. The van der Waals surface area contributed by atoms with Gasteiger partial charge in [0.1, 0.15) is 5.82 Å². The van der Waals surface area contributed by atoms with Crippen LogP contribution >= 0.6 is 0 Å². The van der Waals surface area contributed by atoms with E-state index in [0.717, 1.165) is 24.3 Å². The van der Waals surface area contributed by atoms with Crippen LogP contribution in [0.15, 0.2) is 12.3 Å². The quantitative estimate of drug-likeness (QED) is 0.823. The molecule has 0 saturated carbocycles. The van der Waals surface area contributed by atoms with E-state index in [1.807, 2.05) is 13.2 Å². The largest absolute Gasteiger partial charge is 0.360 e. The van der Waals surface area contributed by atoms with Crippen molar-refractivity contribution in [2.45, 2.75) is 33.2 Å². The molecule has 84 valence electrons. The molecule has 15 heavy (non-hydrogen) atoms. The van der Waals surface area contributed by atoms with Crippen LogP contribution in [-0.2, 0) is 0 Å². The molecule has 1 aromatic rings. The molecule has 2 N–H and O–H groups in total. The number of aromatic nitrogens is 1. The molecule has 1 atom stereocenters. The van der Waals surface area contributed by atoms with Crippen LogP contribution in [0.25, 0.3) is 0 Å². The second-order valence-corrected chi connectivity index (χ2v) is 3.93. The van der Waals surface area contributed by atoms with Crippen molar-refractivity contribution in [1.29, 1.82) is 0 Å². The maximum absolute atomic E-state index is 6.00. The number of anilines is 1. The van der Waals surface area contributed by atoms with E-state index in [-0.39, 0.29) is 6.04 Å². The van der Waals surface area contributed by atoms with E-state index in [2.05, 4.69) is 36.7 Å². The molecule has 0 aliphatic heterocycles. The van der Waals surface area contributed by atoms with Crippen LogP contribution in [-0.4, -0.2) is 18.6 Å². The van der Waals surface area contributed by atoms with Crippen molar-refractivity contribution < 1.29 is 0 Å². The Labute approximate surface area is 92.3 Å². The Kier molecular flexibility index (Phi) is 4.09. The number of nitrogens with two attached hydrogens (primary N) is 1. The first-order valence-corrected chi connectivity index (χ1v) is 5.53. The summed E-state index contributed by atoms with van der Waals surface area (Å²) >= 11 is 0. The van der Waals surface area contributed by atoms with Gasteiger partial charge in [-0.3, -0.25) is 0 Å². The van der Waals surface area contributed by atoms with E-state index in [1.54, 1.807) is 0 Å². The number of nitrogens with zero attached hydrogens (tertiary/aromatic N) is 2. The van der Waals surface area contributed by atoms with Crippen molar-refractivity contribution in [2.75, 3.05) is 18.5 Å². The zero-order chi connectivity index (χ0) is 11.4. The molecular weight excluding hydrogens is 186 g/mol. The molecule has 0 radical (unpaired) electrons. The Morgan fingerprint density at radius 2 is 2.13 bits per heavy atom. The SMILES string of the molecule is CC[C@H](N)c1cnc(N(C)CC)cc1C. The van der Waals surface area contributed by atoms with E-state index >= 15 is 0 Å². The molecular formula is C12H21N3. The van der Waals surface area contributed by atoms with Crippen molar-refractivity contribution in [3.05, 3.63) is 23.4 Å². The number of rotatable bonds is 4. The number of aryl methyl sites for hydroxylation is 1. The second kappa shape index (κ2) is 5.12. The lowest BCUT2D eigenvalue weighted by molar-refractivity contribution is 0.689. The van der Waals surface area contributed by atoms with Gasteiger partial charge >= 0.3 is 0 Å². The van der Waals surface area contributed by atoms with Crippen molar-refractivity contribution in [3.8, 4) is 0 Å². The van der Waals surface area contributed by atoms with Crippen molar-refractivity contribution in [1.82, 2.24) is 4.98 Å². The Balaban J connectivity index is 2.97. The van der Waals surface area contributed by atoms with Crippen molar-refractivity contribution in [3.63, 3.8) is 0 Å².